The fourth-order valence-corrected chi connectivity index (χ4v) is 2.76. The summed E-state index contributed by atoms with van der Waals surface area (Å²) < 4.78 is 1.92. The minimum atomic E-state index is -0.203. The predicted molar refractivity (Wildman–Crippen MR) is 89.6 cm³/mol. The van der Waals surface area contributed by atoms with Crippen molar-refractivity contribution in [1.82, 2.24) is 20.1 Å². The van der Waals surface area contributed by atoms with Crippen molar-refractivity contribution in [1.29, 1.82) is 0 Å². The Labute approximate surface area is 135 Å². The number of nitrogens with zero attached hydrogens (tertiary/aromatic N) is 3. The van der Waals surface area contributed by atoms with Gasteiger partial charge in [-0.1, -0.05) is 55.9 Å². The van der Waals surface area contributed by atoms with Gasteiger partial charge in [-0.3, -0.25) is 4.79 Å². The maximum atomic E-state index is 12.1. The molecule has 1 atom stereocenters. The molecule has 0 aliphatic carbocycles. The molecular formula is C16H22N4OS. The van der Waals surface area contributed by atoms with Gasteiger partial charge in [-0.15, -0.1) is 10.2 Å². The molecule has 0 aliphatic rings. The summed E-state index contributed by atoms with van der Waals surface area (Å²) in [6.07, 6.45) is 0. The molecule has 0 fully saturated rings. The molecule has 0 spiro atoms. The molecule has 1 heterocycles. The van der Waals surface area contributed by atoms with E-state index in [4.69, 9.17) is 0 Å². The summed E-state index contributed by atoms with van der Waals surface area (Å²) in [6.45, 7) is 6.73. The first-order chi connectivity index (χ1) is 10.5. The predicted octanol–water partition coefficient (Wildman–Crippen LogP) is 2.73. The molecule has 6 heteroatoms. The molecule has 5 nitrogen and oxygen atoms in total. The fraction of sp³-hybridized carbons (Fsp3) is 0.438. The highest BCUT2D eigenvalue weighted by Crippen LogP contribution is 2.25. The van der Waals surface area contributed by atoms with Crippen molar-refractivity contribution in [2.45, 2.75) is 31.2 Å². The fourth-order valence-electron chi connectivity index (χ4n) is 1.92. The molecule has 22 heavy (non-hydrogen) atoms. The number of hydrogen-bond acceptors (Lipinski definition) is 4. The molecule has 1 amide bonds. The van der Waals surface area contributed by atoms with Crippen LogP contribution in [0.25, 0.3) is 11.4 Å². The molecule has 1 N–H and O–H groups in total. The minimum Gasteiger partial charge on any atom is -0.355 e. The average Bonchev–Trinajstić information content (AvgIpc) is 2.86. The van der Waals surface area contributed by atoms with Crippen LogP contribution in [0.15, 0.2) is 35.5 Å². The van der Waals surface area contributed by atoms with E-state index in [0.29, 0.717) is 12.5 Å². The zero-order valence-electron chi connectivity index (χ0n) is 13.4. The lowest BCUT2D eigenvalue weighted by atomic mass is 10.2. The second-order valence-corrected chi connectivity index (χ2v) is 6.94. The molecular weight excluding hydrogens is 296 g/mol. The maximum absolute atomic E-state index is 12.1. The van der Waals surface area contributed by atoms with Crippen LogP contribution in [0.2, 0.25) is 0 Å². The molecule has 2 rings (SSSR count). The summed E-state index contributed by atoms with van der Waals surface area (Å²) in [5.74, 6) is 1.28. The second-order valence-electron chi connectivity index (χ2n) is 5.63. The zero-order chi connectivity index (χ0) is 16.1. The van der Waals surface area contributed by atoms with E-state index < -0.39 is 0 Å². The first-order valence-electron chi connectivity index (χ1n) is 7.38. The smallest absolute Gasteiger partial charge is 0.233 e. The normalized spacial score (nSPS) is 12.4. The summed E-state index contributed by atoms with van der Waals surface area (Å²) in [6, 6.07) is 9.91. The number of carbonyl (C=O) groups is 1. The van der Waals surface area contributed by atoms with Crippen LogP contribution in [0.5, 0.6) is 0 Å². The van der Waals surface area contributed by atoms with Gasteiger partial charge in [-0.2, -0.15) is 0 Å². The summed E-state index contributed by atoms with van der Waals surface area (Å²) in [5.41, 5.74) is 1.02. The standard InChI is InChI=1S/C16H22N4OS/c1-11(2)10-17-15(21)12(3)22-16-19-18-14(20(16)4)13-8-6-5-7-9-13/h5-9,11-12H,10H2,1-4H3,(H,17,21)/t12-/m1/s1. The first kappa shape index (κ1) is 16.5. The van der Waals surface area contributed by atoms with Gasteiger partial charge in [-0.25, -0.2) is 0 Å². The topological polar surface area (TPSA) is 59.8 Å². The SMILES string of the molecule is CC(C)CNC(=O)[C@@H](C)Sc1nnc(-c2ccccc2)n1C. The Morgan fingerprint density at radius 2 is 1.91 bits per heavy atom. The van der Waals surface area contributed by atoms with E-state index >= 15 is 0 Å². The van der Waals surface area contributed by atoms with Gasteiger partial charge in [0.25, 0.3) is 0 Å². The monoisotopic (exact) mass is 318 g/mol. The number of amides is 1. The van der Waals surface area contributed by atoms with Crippen molar-refractivity contribution >= 4 is 17.7 Å². The van der Waals surface area contributed by atoms with Crippen LogP contribution in [0.1, 0.15) is 20.8 Å². The molecule has 0 saturated carbocycles. The molecule has 118 valence electrons. The van der Waals surface area contributed by atoms with Gasteiger partial charge in [0.1, 0.15) is 0 Å². The number of thioether (sulfide) groups is 1. The van der Waals surface area contributed by atoms with E-state index in [2.05, 4.69) is 29.4 Å². The Balaban J connectivity index is 2.05. The van der Waals surface area contributed by atoms with E-state index in [1.165, 1.54) is 11.8 Å². The van der Waals surface area contributed by atoms with Gasteiger partial charge in [0.2, 0.25) is 5.91 Å². The lowest BCUT2D eigenvalue weighted by Crippen LogP contribution is -2.33. The van der Waals surface area contributed by atoms with Gasteiger partial charge in [0, 0.05) is 19.2 Å². The number of carbonyl (C=O) groups excluding carboxylic acids is 1. The van der Waals surface area contributed by atoms with Crippen molar-refractivity contribution in [3.63, 3.8) is 0 Å². The van der Waals surface area contributed by atoms with Crippen LogP contribution in [0.4, 0.5) is 0 Å². The molecule has 0 radical (unpaired) electrons. The Hall–Kier alpha value is -1.82. The Morgan fingerprint density at radius 3 is 2.55 bits per heavy atom. The third kappa shape index (κ3) is 4.10. The minimum absolute atomic E-state index is 0.0305. The quantitative estimate of drug-likeness (QED) is 0.832. The van der Waals surface area contributed by atoms with Crippen molar-refractivity contribution in [2.24, 2.45) is 13.0 Å². The van der Waals surface area contributed by atoms with E-state index in [0.717, 1.165) is 16.5 Å². The van der Waals surface area contributed by atoms with Crippen LogP contribution < -0.4 is 5.32 Å². The van der Waals surface area contributed by atoms with E-state index in [1.54, 1.807) is 0 Å². The number of rotatable bonds is 6. The summed E-state index contributed by atoms with van der Waals surface area (Å²) in [7, 11) is 1.92. The zero-order valence-corrected chi connectivity index (χ0v) is 14.2. The molecule has 0 aliphatic heterocycles. The molecule has 2 aromatic rings. The van der Waals surface area contributed by atoms with Gasteiger partial charge >= 0.3 is 0 Å². The third-order valence-electron chi connectivity index (χ3n) is 3.20. The molecule has 0 bridgehead atoms. The highest BCUT2D eigenvalue weighted by atomic mass is 32.2. The van der Waals surface area contributed by atoms with E-state index in [1.807, 2.05) is 48.9 Å². The number of aromatic nitrogens is 3. The maximum Gasteiger partial charge on any atom is 0.233 e. The number of nitrogens with one attached hydrogen (secondary N) is 1. The third-order valence-corrected chi connectivity index (χ3v) is 4.34. The van der Waals surface area contributed by atoms with Crippen molar-refractivity contribution in [2.75, 3.05) is 6.54 Å². The lowest BCUT2D eigenvalue weighted by molar-refractivity contribution is -0.120. The van der Waals surface area contributed by atoms with Crippen molar-refractivity contribution < 1.29 is 4.79 Å². The number of hydrogen-bond donors (Lipinski definition) is 1. The summed E-state index contributed by atoms with van der Waals surface area (Å²) in [4.78, 5) is 12.1. The average molecular weight is 318 g/mol. The molecule has 0 saturated heterocycles. The van der Waals surface area contributed by atoms with E-state index in [-0.39, 0.29) is 11.2 Å². The largest absolute Gasteiger partial charge is 0.355 e. The van der Waals surface area contributed by atoms with Gasteiger partial charge in [0.15, 0.2) is 11.0 Å². The highest BCUT2D eigenvalue weighted by molar-refractivity contribution is 8.00. The van der Waals surface area contributed by atoms with Crippen molar-refractivity contribution in [3.8, 4) is 11.4 Å². The highest BCUT2D eigenvalue weighted by Gasteiger charge is 2.19. The number of benzene rings is 1. The van der Waals surface area contributed by atoms with Crippen LogP contribution in [0.3, 0.4) is 0 Å². The van der Waals surface area contributed by atoms with Gasteiger partial charge in [0.05, 0.1) is 5.25 Å². The summed E-state index contributed by atoms with van der Waals surface area (Å²) >= 11 is 1.42. The van der Waals surface area contributed by atoms with Crippen molar-refractivity contribution in [3.05, 3.63) is 30.3 Å². The molecule has 1 aromatic heterocycles. The Kier molecular flexibility index (Phi) is 5.60. The van der Waals surface area contributed by atoms with Gasteiger partial charge < -0.3 is 9.88 Å². The van der Waals surface area contributed by atoms with Crippen LogP contribution in [0, 0.1) is 5.92 Å². The van der Waals surface area contributed by atoms with Gasteiger partial charge in [-0.05, 0) is 12.8 Å². The van der Waals surface area contributed by atoms with Crippen LogP contribution in [-0.4, -0.2) is 32.5 Å². The Morgan fingerprint density at radius 1 is 1.23 bits per heavy atom. The van der Waals surface area contributed by atoms with Crippen LogP contribution in [-0.2, 0) is 11.8 Å². The first-order valence-corrected chi connectivity index (χ1v) is 8.26. The molecule has 1 aromatic carbocycles. The summed E-state index contributed by atoms with van der Waals surface area (Å²) in [5, 5.41) is 11.9. The van der Waals surface area contributed by atoms with Crippen LogP contribution >= 0.6 is 11.8 Å². The molecule has 0 unspecified atom stereocenters. The van der Waals surface area contributed by atoms with E-state index in [9.17, 15) is 4.79 Å². The second kappa shape index (κ2) is 7.45. The Bertz CT molecular complexity index is 624. The lowest BCUT2D eigenvalue weighted by Gasteiger charge is -2.12.